The van der Waals surface area contributed by atoms with Gasteiger partial charge in [-0.3, -0.25) is 0 Å². The second kappa shape index (κ2) is 10.9. The van der Waals surface area contributed by atoms with Gasteiger partial charge >= 0.3 is 6.09 Å². The van der Waals surface area contributed by atoms with Crippen LogP contribution in [0.15, 0.2) is 52.3 Å². The number of likely N-dealkylation sites (N-methyl/N-ethyl adjacent to an activating group) is 1. The van der Waals surface area contributed by atoms with E-state index in [1.165, 1.54) is 26.6 Å². The highest BCUT2D eigenvalue weighted by Gasteiger charge is 2.24. The van der Waals surface area contributed by atoms with Gasteiger partial charge in [0.05, 0.1) is 26.8 Å². The van der Waals surface area contributed by atoms with Crippen LogP contribution in [-0.4, -0.2) is 75.9 Å². The number of carbonyl (C=O) groups excluding carboxylic acids is 1. The summed E-state index contributed by atoms with van der Waals surface area (Å²) < 4.78 is 6.26. The van der Waals surface area contributed by atoms with Gasteiger partial charge in [-0.2, -0.15) is 0 Å². The van der Waals surface area contributed by atoms with E-state index in [-0.39, 0.29) is 13.5 Å². The van der Waals surface area contributed by atoms with Crippen molar-refractivity contribution in [3.05, 3.63) is 53.6 Å². The smallest absolute Gasteiger partial charge is 0.410 e. The molecule has 0 aromatic heterocycles. The maximum atomic E-state index is 12.4. The number of ether oxygens (including phenoxy) is 1. The zero-order valence-electron chi connectivity index (χ0n) is 18.9. The van der Waals surface area contributed by atoms with Crippen molar-refractivity contribution in [3.63, 3.8) is 0 Å². The molecular formula is C25H38N3O2S+. The molecule has 170 valence electrons. The van der Waals surface area contributed by atoms with Crippen molar-refractivity contribution in [2.75, 3.05) is 65.4 Å². The van der Waals surface area contributed by atoms with Crippen molar-refractivity contribution in [1.29, 1.82) is 0 Å². The van der Waals surface area contributed by atoms with Crippen LogP contribution in [-0.2, 0) is 4.74 Å². The highest BCUT2D eigenvalue weighted by atomic mass is 32.2. The summed E-state index contributed by atoms with van der Waals surface area (Å²) >= 11 is 1.82. The summed E-state index contributed by atoms with van der Waals surface area (Å²) in [7, 11) is 6.29. The average Bonchev–Trinajstić information content (AvgIpc) is 2.69. The Morgan fingerprint density at radius 1 is 1.00 bits per heavy atom. The summed E-state index contributed by atoms with van der Waals surface area (Å²) in [4.78, 5) is 19.1. The quantitative estimate of drug-likeness (QED) is 0.584. The molecule has 1 saturated heterocycles. The van der Waals surface area contributed by atoms with E-state index in [4.69, 9.17) is 4.74 Å². The van der Waals surface area contributed by atoms with Gasteiger partial charge < -0.3 is 19.0 Å². The lowest BCUT2D eigenvalue weighted by molar-refractivity contribution is -0.870. The number of nitrogens with zero attached hydrogens (tertiary/aromatic N) is 3. The van der Waals surface area contributed by atoms with E-state index in [1.807, 2.05) is 16.7 Å². The lowest BCUT2D eigenvalue weighted by Gasteiger charge is -2.36. The van der Waals surface area contributed by atoms with Crippen molar-refractivity contribution in [2.24, 2.45) is 0 Å². The molecule has 1 amide bonds. The summed E-state index contributed by atoms with van der Waals surface area (Å²) in [6.45, 7) is 8.57. The SMILES string of the molecule is C.Cc1ccc(Sc2ccccc2N2CCN(C(=O)OCC[N+](C)(C)C)CC2)c(C)c1. The van der Waals surface area contributed by atoms with Gasteiger partial charge in [0.1, 0.15) is 13.2 Å². The Kier molecular flexibility index (Phi) is 8.83. The minimum Gasteiger partial charge on any atom is -0.443 e. The molecule has 1 aliphatic rings. The Morgan fingerprint density at radius 2 is 1.68 bits per heavy atom. The number of hydrogen-bond donors (Lipinski definition) is 0. The average molecular weight is 445 g/mol. The van der Waals surface area contributed by atoms with E-state index >= 15 is 0 Å². The summed E-state index contributed by atoms with van der Waals surface area (Å²) in [6, 6.07) is 15.2. The van der Waals surface area contributed by atoms with Gasteiger partial charge in [-0.1, -0.05) is 49.0 Å². The number of amides is 1. The molecule has 0 aliphatic carbocycles. The van der Waals surface area contributed by atoms with Crippen LogP contribution < -0.4 is 4.90 Å². The Balaban J connectivity index is 0.00000341. The van der Waals surface area contributed by atoms with E-state index in [9.17, 15) is 4.79 Å². The van der Waals surface area contributed by atoms with E-state index in [1.54, 1.807) is 0 Å². The number of aryl methyl sites for hydroxylation is 2. The van der Waals surface area contributed by atoms with Crippen LogP contribution in [0.4, 0.5) is 10.5 Å². The molecule has 0 N–H and O–H groups in total. The highest BCUT2D eigenvalue weighted by molar-refractivity contribution is 7.99. The van der Waals surface area contributed by atoms with E-state index in [0.717, 1.165) is 24.1 Å². The standard InChI is InChI=1S/C24H34N3O2S.CH4/c1-19-10-11-22(20(2)18-19)30-23-9-7-6-8-21(23)25-12-14-26(15-13-25)24(28)29-17-16-27(3,4)5;/h6-11,18H,12-17H2,1-5H3;1H4/q+1;. The normalized spacial score (nSPS) is 14.2. The molecule has 1 aliphatic heterocycles. The molecule has 0 atom stereocenters. The summed E-state index contributed by atoms with van der Waals surface area (Å²) in [5, 5.41) is 0. The third kappa shape index (κ3) is 7.18. The molecule has 5 nitrogen and oxygen atoms in total. The molecular weight excluding hydrogens is 406 g/mol. The Morgan fingerprint density at radius 3 is 2.32 bits per heavy atom. The van der Waals surface area contributed by atoms with Crippen LogP contribution in [0.5, 0.6) is 0 Å². The zero-order valence-corrected chi connectivity index (χ0v) is 19.7. The summed E-state index contributed by atoms with van der Waals surface area (Å²) in [5.41, 5.74) is 3.83. The van der Waals surface area contributed by atoms with Gasteiger partial charge in [-0.25, -0.2) is 4.79 Å². The lowest BCUT2D eigenvalue weighted by atomic mass is 10.2. The second-order valence-corrected chi connectivity index (χ2v) is 10.0. The molecule has 0 spiro atoms. The first-order valence-electron chi connectivity index (χ1n) is 10.5. The molecule has 2 aromatic rings. The third-order valence-electron chi connectivity index (χ3n) is 5.28. The molecule has 0 saturated carbocycles. The highest BCUT2D eigenvalue weighted by Crippen LogP contribution is 2.37. The van der Waals surface area contributed by atoms with Crippen LogP contribution in [0.2, 0.25) is 0 Å². The maximum Gasteiger partial charge on any atom is 0.410 e. The Labute approximate surface area is 192 Å². The van der Waals surface area contributed by atoms with Crippen molar-refractivity contribution in [1.82, 2.24) is 4.90 Å². The van der Waals surface area contributed by atoms with E-state index in [2.05, 4.69) is 82.4 Å². The first-order valence-corrected chi connectivity index (χ1v) is 11.4. The maximum absolute atomic E-state index is 12.4. The molecule has 6 heteroatoms. The van der Waals surface area contributed by atoms with Gasteiger partial charge in [0.15, 0.2) is 0 Å². The molecule has 3 rings (SSSR count). The number of rotatable bonds is 6. The topological polar surface area (TPSA) is 32.8 Å². The van der Waals surface area contributed by atoms with Crippen molar-refractivity contribution >= 4 is 23.5 Å². The second-order valence-electron chi connectivity index (χ2n) is 8.94. The van der Waals surface area contributed by atoms with Crippen LogP contribution in [0, 0.1) is 13.8 Å². The number of quaternary nitrogens is 1. The van der Waals surface area contributed by atoms with Gasteiger partial charge in [0.25, 0.3) is 0 Å². The van der Waals surface area contributed by atoms with Gasteiger partial charge in [-0.05, 0) is 37.6 Å². The molecule has 1 heterocycles. The minimum absolute atomic E-state index is 0. The van der Waals surface area contributed by atoms with Gasteiger partial charge in [0, 0.05) is 36.0 Å². The van der Waals surface area contributed by atoms with E-state index in [0.29, 0.717) is 19.7 Å². The number of carbonyl (C=O) groups is 1. The predicted molar refractivity (Wildman–Crippen MR) is 131 cm³/mol. The van der Waals surface area contributed by atoms with Crippen molar-refractivity contribution in [3.8, 4) is 0 Å². The fourth-order valence-electron chi connectivity index (χ4n) is 3.47. The first kappa shape index (κ1) is 25.1. The number of anilines is 1. The van der Waals surface area contributed by atoms with Crippen molar-refractivity contribution < 1.29 is 14.0 Å². The summed E-state index contributed by atoms with van der Waals surface area (Å²) in [5.74, 6) is 0. The van der Waals surface area contributed by atoms with Gasteiger partial charge in [0.2, 0.25) is 0 Å². The van der Waals surface area contributed by atoms with Crippen LogP contribution in [0.3, 0.4) is 0 Å². The number of hydrogen-bond acceptors (Lipinski definition) is 4. The molecule has 2 aromatic carbocycles. The van der Waals surface area contributed by atoms with Gasteiger partial charge in [-0.15, -0.1) is 0 Å². The van der Waals surface area contributed by atoms with E-state index < -0.39 is 0 Å². The van der Waals surface area contributed by atoms with Crippen LogP contribution in [0.25, 0.3) is 0 Å². The molecule has 0 bridgehead atoms. The first-order chi connectivity index (χ1) is 14.2. The molecule has 0 radical (unpaired) electrons. The number of piperazine rings is 1. The zero-order chi connectivity index (χ0) is 21.7. The largest absolute Gasteiger partial charge is 0.443 e. The Bertz CT molecular complexity index is 871. The summed E-state index contributed by atoms with van der Waals surface area (Å²) in [6.07, 6.45) is -0.193. The fraction of sp³-hybridized carbons (Fsp3) is 0.480. The molecule has 31 heavy (non-hydrogen) atoms. The Hall–Kier alpha value is -2.18. The predicted octanol–water partition coefficient (Wildman–Crippen LogP) is 5.06. The number of benzene rings is 2. The molecule has 0 unspecified atom stereocenters. The lowest BCUT2D eigenvalue weighted by Crippen LogP contribution is -2.49. The van der Waals surface area contributed by atoms with Crippen molar-refractivity contribution in [2.45, 2.75) is 31.1 Å². The minimum atomic E-state index is -0.193. The fourth-order valence-corrected chi connectivity index (χ4v) is 4.51. The third-order valence-corrected chi connectivity index (χ3v) is 6.52. The number of para-hydroxylation sites is 1. The molecule has 1 fully saturated rings. The van der Waals surface area contributed by atoms with Crippen LogP contribution >= 0.6 is 11.8 Å². The monoisotopic (exact) mass is 444 g/mol. The van der Waals surface area contributed by atoms with Crippen LogP contribution in [0.1, 0.15) is 18.6 Å².